The van der Waals surface area contributed by atoms with Crippen LogP contribution in [-0.2, 0) is 23.9 Å². The molecule has 0 aromatic heterocycles. The van der Waals surface area contributed by atoms with Crippen molar-refractivity contribution in [2.24, 2.45) is 52.3 Å². The second-order valence-corrected chi connectivity index (χ2v) is 16.4. The SMILES string of the molecule is C[C@@H]1CC[C@@]2(OC1)O[C@H]1C[C@H]3[C@@H]4CC[C@H]5CC(NC(=O)CC(=O)N6CCN(C)CC6)CC[C@]5(C)[C@H]4CC(=O)[C@]3(C)[C@H]1[C@@H]2C. The summed E-state index contributed by atoms with van der Waals surface area (Å²) in [5.74, 6) is 2.77. The zero-order valence-electron chi connectivity index (χ0n) is 27.2. The summed E-state index contributed by atoms with van der Waals surface area (Å²) in [7, 11) is 2.07. The van der Waals surface area contributed by atoms with E-state index in [1.165, 1.54) is 12.8 Å². The van der Waals surface area contributed by atoms with E-state index in [1.54, 1.807) is 0 Å². The van der Waals surface area contributed by atoms with Gasteiger partial charge in [0.15, 0.2) is 5.79 Å². The van der Waals surface area contributed by atoms with Crippen molar-refractivity contribution in [3.63, 3.8) is 0 Å². The Morgan fingerprint density at radius 3 is 2.47 bits per heavy atom. The highest BCUT2D eigenvalue weighted by Gasteiger charge is 2.71. The molecule has 8 heteroatoms. The molecular formula is C35H55N3O5. The predicted molar refractivity (Wildman–Crippen MR) is 163 cm³/mol. The van der Waals surface area contributed by atoms with Gasteiger partial charge in [0.1, 0.15) is 12.2 Å². The third-order valence-corrected chi connectivity index (χ3v) is 14.3. The summed E-state index contributed by atoms with van der Waals surface area (Å²) in [4.78, 5) is 44.0. The fourth-order valence-electron chi connectivity index (χ4n) is 11.7. The van der Waals surface area contributed by atoms with Crippen LogP contribution in [0, 0.1) is 52.3 Å². The highest BCUT2D eigenvalue weighted by molar-refractivity contribution is 5.97. The summed E-state index contributed by atoms with van der Waals surface area (Å²) in [6.45, 7) is 13.2. The van der Waals surface area contributed by atoms with E-state index in [4.69, 9.17) is 9.47 Å². The minimum atomic E-state index is -0.492. The van der Waals surface area contributed by atoms with Gasteiger partial charge in [0.25, 0.3) is 0 Å². The van der Waals surface area contributed by atoms with E-state index in [1.807, 2.05) is 4.90 Å². The molecule has 43 heavy (non-hydrogen) atoms. The largest absolute Gasteiger partial charge is 0.353 e. The van der Waals surface area contributed by atoms with Crippen molar-refractivity contribution < 1.29 is 23.9 Å². The lowest BCUT2D eigenvalue weighted by molar-refractivity contribution is -0.272. The van der Waals surface area contributed by atoms with Gasteiger partial charge in [0.2, 0.25) is 11.8 Å². The van der Waals surface area contributed by atoms with E-state index in [0.717, 1.165) is 58.2 Å². The molecule has 1 N–H and O–H groups in total. The number of nitrogens with one attached hydrogen (secondary N) is 1. The van der Waals surface area contributed by atoms with Gasteiger partial charge in [-0.2, -0.15) is 0 Å². The number of nitrogens with zero attached hydrogens (tertiary/aromatic N) is 2. The van der Waals surface area contributed by atoms with Crippen LogP contribution in [0.5, 0.6) is 0 Å². The van der Waals surface area contributed by atoms with Gasteiger partial charge in [-0.1, -0.05) is 27.7 Å². The Morgan fingerprint density at radius 2 is 1.74 bits per heavy atom. The lowest BCUT2D eigenvalue weighted by Crippen LogP contribution is -2.59. The molecule has 12 atom stereocenters. The summed E-state index contributed by atoms with van der Waals surface area (Å²) >= 11 is 0. The molecule has 4 aliphatic carbocycles. The maximum atomic E-state index is 14.3. The highest BCUT2D eigenvalue weighted by Crippen LogP contribution is 2.70. The topological polar surface area (TPSA) is 88.2 Å². The number of piperazine rings is 1. The maximum absolute atomic E-state index is 14.3. The zero-order chi connectivity index (χ0) is 30.3. The van der Waals surface area contributed by atoms with Crippen LogP contribution in [0.4, 0.5) is 0 Å². The molecule has 3 saturated heterocycles. The van der Waals surface area contributed by atoms with Crippen molar-refractivity contribution in [1.29, 1.82) is 0 Å². The van der Waals surface area contributed by atoms with Crippen LogP contribution in [0.3, 0.4) is 0 Å². The van der Waals surface area contributed by atoms with Gasteiger partial charge in [0.05, 0.1) is 12.7 Å². The first-order valence-electron chi connectivity index (χ1n) is 17.6. The average molecular weight is 598 g/mol. The van der Waals surface area contributed by atoms with E-state index in [2.05, 4.69) is 45.0 Å². The van der Waals surface area contributed by atoms with Crippen LogP contribution >= 0.6 is 0 Å². The van der Waals surface area contributed by atoms with Gasteiger partial charge in [-0.25, -0.2) is 0 Å². The number of carbonyl (C=O) groups excluding carboxylic acids is 3. The molecule has 3 aliphatic heterocycles. The van der Waals surface area contributed by atoms with Gasteiger partial charge in [-0.3, -0.25) is 14.4 Å². The number of fused-ring (bicyclic) bond motifs is 7. The second kappa shape index (κ2) is 10.8. The number of Topliss-reactive ketones (excluding diaryl/α,β-unsaturated/α-hetero) is 1. The van der Waals surface area contributed by atoms with Crippen LogP contribution in [0.2, 0.25) is 0 Å². The number of rotatable bonds is 3. The molecule has 4 saturated carbocycles. The van der Waals surface area contributed by atoms with Crippen LogP contribution in [-0.4, -0.2) is 85.2 Å². The zero-order valence-corrected chi connectivity index (χ0v) is 27.2. The first kappa shape index (κ1) is 30.2. The predicted octanol–water partition coefficient (Wildman–Crippen LogP) is 4.26. The number of hydrogen-bond donors (Lipinski definition) is 1. The summed E-state index contributed by atoms with van der Waals surface area (Å²) in [6.07, 6.45) is 9.15. The number of ketones is 1. The first-order valence-corrected chi connectivity index (χ1v) is 17.6. The molecule has 8 nitrogen and oxygen atoms in total. The quantitative estimate of drug-likeness (QED) is 0.490. The smallest absolute Gasteiger partial charge is 0.232 e. The van der Waals surface area contributed by atoms with Gasteiger partial charge in [-0.15, -0.1) is 0 Å². The van der Waals surface area contributed by atoms with E-state index in [0.29, 0.717) is 54.9 Å². The lowest BCUT2D eigenvalue weighted by Gasteiger charge is -2.60. The van der Waals surface area contributed by atoms with Crippen molar-refractivity contribution in [1.82, 2.24) is 15.1 Å². The molecular weight excluding hydrogens is 542 g/mol. The monoisotopic (exact) mass is 597 g/mol. The lowest BCUT2D eigenvalue weighted by atomic mass is 9.44. The minimum Gasteiger partial charge on any atom is -0.353 e. The van der Waals surface area contributed by atoms with Crippen molar-refractivity contribution in [3.05, 3.63) is 0 Å². The average Bonchev–Trinajstić information content (AvgIpc) is 3.42. The third kappa shape index (κ3) is 4.74. The number of likely N-dealkylation sites (N-methyl/N-ethyl adjacent to an activating group) is 1. The first-order chi connectivity index (χ1) is 20.4. The summed E-state index contributed by atoms with van der Waals surface area (Å²) in [6, 6.07) is 0.126. The molecule has 7 aliphatic rings. The Bertz CT molecular complexity index is 1130. The number of hydrogen-bond acceptors (Lipinski definition) is 6. The Balaban J connectivity index is 0.997. The Morgan fingerprint density at radius 1 is 0.977 bits per heavy atom. The van der Waals surface area contributed by atoms with Crippen LogP contribution in [0.1, 0.15) is 91.9 Å². The van der Waals surface area contributed by atoms with Crippen molar-refractivity contribution in [2.45, 2.75) is 110 Å². The van der Waals surface area contributed by atoms with Crippen LogP contribution < -0.4 is 5.32 Å². The Labute approximate surface area is 258 Å². The highest BCUT2D eigenvalue weighted by atomic mass is 16.7. The van der Waals surface area contributed by atoms with Crippen LogP contribution in [0.15, 0.2) is 0 Å². The van der Waals surface area contributed by atoms with Crippen molar-refractivity contribution in [3.8, 4) is 0 Å². The molecule has 2 amide bonds. The molecule has 0 bridgehead atoms. The van der Waals surface area contributed by atoms with E-state index in [-0.39, 0.29) is 53.0 Å². The molecule has 0 aromatic rings. The molecule has 0 radical (unpaired) electrons. The maximum Gasteiger partial charge on any atom is 0.232 e. The van der Waals surface area contributed by atoms with E-state index in [9.17, 15) is 14.4 Å². The number of ether oxygens (including phenoxy) is 2. The van der Waals surface area contributed by atoms with Crippen molar-refractivity contribution >= 4 is 17.6 Å². The number of amides is 2. The number of carbonyl (C=O) groups is 3. The Kier molecular flexibility index (Phi) is 7.57. The minimum absolute atomic E-state index is 0.0458. The summed E-state index contributed by atoms with van der Waals surface area (Å²) in [5.41, 5.74) is -0.184. The molecule has 7 fully saturated rings. The van der Waals surface area contributed by atoms with Gasteiger partial charge in [0, 0.05) is 62.3 Å². The Hall–Kier alpha value is -1.51. The molecule has 240 valence electrons. The molecule has 7 rings (SSSR count). The molecule has 1 unspecified atom stereocenters. The summed E-state index contributed by atoms with van der Waals surface area (Å²) < 4.78 is 13.3. The fourth-order valence-corrected chi connectivity index (χ4v) is 11.7. The van der Waals surface area contributed by atoms with E-state index < -0.39 is 5.79 Å². The summed E-state index contributed by atoms with van der Waals surface area (Å²) in [5, 5.41) is 3.24. The van der Waals surface area contributed by atoms with Gasteiger partial charge in [-0.05, 0) is 87.0 Å². The fraction of sp³-hybridized carbons (Fsp3) is 0.914. The normalized spacial score (nSPS) is 49.7. The third-order valence-electron chi connectivity index (χ3n) is 14.3. The van der Waals surface area contributed by atoms with Gasteiger partial charge >= 0.3 is 0 Å². The van der Waals surface area contributed by atoms with Crippen molar-refractivity contribution in [2.75, 3.05) is 39.8 Å². The van der Waals surface area contributed by atoms with Crippen LogP contribution in [0.25, 0.3) is 0 Å². The standard InChI is InChI=1S/C35H55N3O5/c1-21-8-11-35(42-20-21)22(2)32-28(43-35)17-27-25-7-6-23-16-24(9-10-33(23,3)26(25)18-29(39)34(27,32)4)36-30(40)19-31(41)38-14-12-37(5)13-15-38/h21-28,32H,6-20H2,1-5H3,(H,36,40)/t21-,22+,23+,24?,25-,26+,27+,28+,32+,33+,34-,35-/m1/s1. The molecule has 1 spiro atoms. The second-order valence-electron chi connectivity index (χ2n) is 16.4. The molecule has 0 aromatic carbocycles. The van der Waals surface area contributed by atoms with Gasteiger partial charge < -0.3 is 24.6 Å². The van der Waals surface area contributed by atoms with E-state index >= 15 is 0 Å². The molecule has 3 heterocycles.